The first-order valence-corrected chi connectivity index (χ1v) is 7.08. The lowest BCUT2D eigenvalue weighted by Gasteiger charge is -2.32. The Kier molecular flexibility index (Phi) is 4.46. The molecular weight excluding hydrogens is 278 g/mol. The van der Waals surface area contributed by atoms with Crippen molar-refractivity contribution >= 4 is 21.6 Å². The minimum Gasteiger partial charge on any atom is -0.382 e. The molecule has 1 aliphatic rings. The van der Waals surface area contributed by atoms with Crippen LogP contribution < -0.4 is 5.32 Å². The van der Waals surface area contributed by atoms with E-state index in [0.717, 1.165) is 23.9 Å². The van der Waals surface area contributed by atoms with Crippen LogP contribution in [-0.4, -0.2) is 18.8 Å². The Morgan fingerprint density at radius 1 is 1.29 bits per heavy atom. The van der Waals surface area contributed by atoms with Crippen LogP contribution in [0.15, 0.2) is 28.7 Å². The molecule has 1 heterocycles. The molecular formula is C14H20BrNO. The molecule has 1 aliphatic heterocycles. The van der Waals surface area contributed by atoms with Crippen molar-refractivity contribution in [3.05, 3.63) is 28.7 Å². The Morgan fingerprint density at radius 2 is 2.00 bits per heavy atom. The summed E-state index contributed by atoms with van der Waals surface area (Å²) >= 11 is 3.45. The number of rotatable bonds is 3. The van der Waals surface area contributed by atoms with Gasteiger partial charge < -0.3 is 10.1 Å². The molecule has 0 spiro atoms. The number of anilines is 1. The zero-order valence-corrected chi connectivity index (χ0v) is 12.0. The van der Waals surface area contributed by atoms with Gasteiger partial charge in [0, 0.05) is 22.8 Å². The van der Waals surface area contributed by atoms with E-state index in [1.54, 1.807) is 0 Å². The van der Waals surface area contributed by atoms with E-state index in [2.05, 4.69) is 59.4 Å². The molecule has 2 rings (SSSR count). The van der Waals surface area contributed by atoms with Crippen LogP contribution in [0.25, 0.3) is 0 Å². The summed E-state index contributed by atoms with van der Waals surface area (Å²) in [5, 5.41) is 3.59. The van der Waals surface area contributed by atoms with Crippen molar-refractivity contribution in [2.45, 2.75) is 38.8 Å². The molecule has 0 radical (unpaired) electrons. The van der Waals surface area contributed by atoms with E-state index in [1.165, 1.54) is 5.69 Å². The highest BCUT2D eigenvalue weighted by Crippen LogP contribution is 2.23. The smallest absolute Gasteiger partial charge is 0.0617 e. The van der Waals surface area contributed by atoms with Gasteiger partial charge in [-0.3, -0.25) is 0 Å². The monoisotopic (exact) mass is 297 g/mol. The summed E-state index contributed by atoms with van der Waals surface area (Å²) < 4.78 is 6.90. The molecule has 1 N–H and O–H groups in total. The zero-order valence-electron chi connectivity index (χ0n) is 10.4. The Morgan fingerprint density at radius 3 is 2.65 bits per heavy atom. The number of benzene rings is 1. The maximum atomic E-state index is 5.78. The third-order valence-corrected chi connectivity index (χ3v) is 3.80. The van der Waals surface area contributed by atoms with Gasteiger partial charge in [0.2, 0.25) is 0 Å². The Balaban J connectivity index is 1.92. The lowest BCUT2D eigenvalue weighted by molar-refractivity contribution is -0.0160. The molecule has 2 nitrogen and oxygen atoms in total. The Hall–Kier alpha value is -0.540. The molecule has 1 saturated heterocycles. The second-order valence-corrected chi connectivity index (χ2v) is 5.94. The molecule has 0 saturated carbocycles. The second kappa shape index (κ2) is 5.87. The van der Waals surface area contributed by atoms with Crippen molar-refractivity contribution in [3.63, 3.8) is 0 Å². The average Bonchev–Trinajstić information content (AvgIpc) is 2.32. The van der Waals surface area contributed by atoms with E-state index in [-0.39, 0.29) is 0 Å². The van der Waals surface area contributed by atoms with Crippen LogP contribution in [0.3, 0.4) is 0 Å². The van der Waals surface area contributed by atoms with Crippen molar-refractivity contribution in [1.29, 1.82) is 0 Å². The molecule has 2 unspecified atom stereocenters. The van der Waals surface area contributed by atoms with E-state index in [4.69, 9.17) is 4.74 Å². The number of ether oxygens (including phenoxy) is 1. The zero-order chi connectivity index (χ0) is 12.3. The van der Waals surface area contributed by atoms with Gasteiger partial charge in [-0.25, -0.2) is 0 Å². The third kappa shape index (κ3) is 3.71. The van der Waals surface area contributed by atoms with Crippen molar-refractivity contribution in [3.8, 4) is 0 Å². The van der Waals surface area contributed by atoms with Gasteiger partial charge in [0.1, 0.15) is 0 Å². The molecule has 0 bridgehead atoms. The first-order valence-electron chi connectivity index (χ1n) is 6.29. The van der Waals surface area contributed by atoms with Crippen LogP contribution in [0.1, 0.15) is 26.7 Å². The molecule has 0 aliphatic carbocycles. The minimum absolute atomic E-state index is 0.400. The SMILES string of the molecule is CC(C)C1CC(Nc2ccc(Br)cc2)CCO1. The quantitative estimate of drug-likeness (QED) is 0.908. The molecule has 1 aromatic carbocycles. The summed E-state index contributed by atoms with van der Waals surface area (Å²) in [6.07, 6.45) is 2.60. The maximum Gasteiger partial charge on any atom is 0.0617 e. The number of hydrogen-bond donors (Lipinski definition) is 1. The Bertz CT molecular complexity index is 350. The van der Waals surface area contributed by atoms with Gasteiger partial charge in [-0.1, -0.05) is 29.8 Å². The second-order valence-electron chi connectivity index (χ2n) is 5.03. The van der Waals surface area contributed by atoms with E-state index in [9.17, 15) is 0 Å². The van der Waals surface area contributed by atoms with Gasteiger partial charge in [-0.05, 0) is 43.0 Å². The largest absolute Gasteiger partial charge is 0.382 e. The highest BCUT2D eigenvalue weighted by molar-refractivity contribution is 9.10. The molecule has 17 heavy (non-hydrogen) atoms. The fourth-order valence-corrected chi connectivity index (χ4v) is 2.47. The number of nitrogens with one attached hydrogen (secondary N) is 1. The summed E-state index contributed by atoms with van der Waals surface area (Å²) in [5.41, 5.74) is 1.20. The fraction of sp³-hybridized carbons (Fsp3) is 0.571. The van der Waals surface area contributed by atoms with Crippen molar-refractivity contribution in [2.24, 2.45) is 5.92 Å². The normalized spacial score (nSPS) is 24.9. The lowest BCUT2D eigenvalue weighted by Crippen LogP contribution is -2.36. The number of halogens is 1. The van der Waals surface area contributed by atoms with E-state index in [1.807, 2.05) is 0 Å². The molecule has 0 amide bonds. The van der Waals surface area contributed by atoms with Crippen LogP contribution in [0.2, 0.25) is 0 Å². The summed E-state index contributed by atoms with van der Waals surface area (Å²) in [6.45, 7) is 5.33. The van der Waals surface area contributed by atoms with Gasteiger partial charge in [-0.2, -0.15) is 0 Å². The lowest BCUT2D eigenvalue weighted by atomic mass is 9.95. The molecule has 3 heteroatoms. The van der Waals surface area contributed by atoms with Crippen molar-refractivity contribution in [2.75, 3.05) is 11.9 Å². The average molecular weight is 298 g/mol. The van der Waals surface area contributed by atoms with Crippen molar-refractivity contribution in [1.82, 2.24) is 0 Å². The van der Waals surface area contributed by atoms with E-state index < -0.39 is 0 Å². The molecule has 1 aromatic rings. The van der Waals surface area contributed by atoms with Gasteiger partial charge in [-0.15, -0.1) is 0 Å². The number of hydrogen-bond acceptors (Lipinski definition) is 2. The molecule has 1 fully saturated rings. The Labute approximate surface area is 112 Å². The summed E-state index contributed by atoms with van der Waals surface area (Å²) in [6, 6.07) is 8.91. The first kappa shape index (κ1) is 12.9. The summed E-state index contributed by atoms with van der Waals surface area (Å²) in [5.74, 6) is 0.601. The predicted molar refractivity (Wildman–Crippen MR) is 75.4 cm³/mol. The van der Waals surface area contributed by atoms with Gasteiger partial charge in [0.25, 0.3) is 0 Å². The maximum absolute atomic E-state index is 5.78. The highest BCUT2D eigenvalue weighted by atomic mass is 79.9. The minimum atomic E-state index is 0.400. The topological polar surface area (TPSA) is 21.3 Å². The third-order valence-electron chi connectivity index (χ3n) is 3.27. The fourth-order valence-electron chi connectivity index (χ4n) is 2.21. The molecule has 2 atom stereocenters. The van der Waals surface area contributed by atoms with Crippen LogP contribution in [0.4, 0.5) is 5.69 Å². The molecule has 94 valence electrons. The summed E-state index contributed by atoms with van der Waals surface area (Å²) in [4.78, 5) is 0. The first-order chi connectivity index (χ1) is 8.15. The standard InChI is InChI=1S/C14H20BrNO/c1-10(2)14-9-13(7-8-17-14)16-12-5-3-11(15)4-6-12/h3-6,10,13-14,16H,7-9H2,1-2H3. The van der Waals surface area contributed by atoms with E-state index in [0.29, 0.717) is 18.1 Å². The van der Waals surface area contributed by atoms with Crippen molar-refractivity contribution < 1.29 is 4.74 Å². The van der Waals surface area contributed by atoms with Crippen LogP contribution in [0.5, 0.6) is 0 Å². The van der Waals surface area contributed by atoms with Crippen LogP contribution in [0, 0.1) is 5.92 Å². The van der Waals surface area contributed by atoms with Crippen LogP contribution >= 0.6 is 15.9 Å². The van der Waals surface area contributed by atoms with E-state index >= 15 is 0 Å². The van der Waals surface area contributed by atoms with Gasteiger partial charge in [0.05, 0.1) is 6.10 Å². The van der Waals surface area contributed by atoms with Gasteiger partial charge in [0.15, 0.2) is 0 Å². The van der Waals surface area contributed by atoms with Crippen LogP contribution in [-0.2, 0) is 4.74 Å². The predicted octanol–water partition coefficient (Wildman–Crippen LogP) is 4.06. The summed E-state index contributed by atoms with van der Waals surface area (Å²) in [7, 11) is 0. The molecule has 0 aromatic heterocycles. The van der Waals surface area contributed by atoms with Gasteiger partial charge >= 0.3 is 0 Å². The highest BCUT2D eigenvalue weighted by Gasteiger charge is 2.24.